The van der Waals surface area contributed by atoms with Crippen molar-refractivity contribution in [2.75, 3.05) is 7.05 Å². The fourth-order valence-electron chi connectivity index (χ4n) is 1.24. The number of hydrogen-bond donors (Lipinski definition) is 0. The lowest BCUT2D eigenvalue weighted by Gasteiger charge is -2.12. The minimum atomic E-state index is 0.0751. The maximum atomic E-state index is 11.1. The van der Waals surface area contributed by atoms with E-state index < -0.39 is 0 Å². The van der Waals surface area contributed by atoms with Gasteiger partial charge in [-0.05, 0) is 11.4 Å². The summed E-state index contributed by atoms with van der Waals surface area (Å²) in [4.78, 5) is 19.4. The van der Waals surface area contributed by atoms with E-state index in [1.54, 1.807) is 41.5 Å². The molecule has 1 amide bonds. The van der Waals surface area contributed by atoms with Gasteiger partial charge in [0.2, 0.25) is 5.91 Å². The van der Waals surface area contributed by atoms with Gasteiger partial charge in [0.15, 0.2) is 0 Å². The van der Waals surface area contributed by atoms with Gasteiger partial charge in [-0.2, -0.15) is 0 Å². The molecule has 0 aromatic carbocycles. The maximum Gasteiger partial charge on any atom is 0.219 e. The Morgan fingerprint density at radius 3 is 3.00 bits per heavy atom. The molecule has 0 bridgehead atoms. The Balaban J connectivity index is 2.11. The van der Waals surface area contributed by atoms with Gasteiger partial charge >= 0.3 is 0 Å². The van der Waals surface area contributed by atoms with Crippen LogP contribution in [0.15, 0.2) is 23.7 Å². The summed E-state index contributed by atoms with van der Waals surface area (Å²) < 4.78 is 0. The molecule has 5 heteroatoms. The first-order chi connectivity index (χ1) is 7.66. The van der Waals surface area contributed by atoms with Crippen molar-refractivity contribution in [3.8, 4) is 9.88 Å². The minimum absolute atomic E-state index is 0.0751. The zero-order valence-corrected chi connectivity index (χ0v) is 10.8. The van der Waals surface area contributed by atoms with Crippen LogP contribution in [-0.2, 0) is 11.3 Å². The molecule has 0 spiro atoms. The summed E-state index contributed by atoms with van der Waals surface area (Å²) in [5.74, 6) is 0.0751. The van der Waals surface area contributed by atoms with E-state index in [0.717, 1.165) is 9.88 Å². The van der Waals surface area contributed by atoms with Crippen LogP contribution in [-0.4, -0.2) is 22.8 Å². The SMILES string of the molecule is CC(=O)N(C)Cc1cnc(-c2cccs2)s1. The van der Waals surface area contributed by atoms with Crippen molar-refractivity contribution in [1.29, 1.82) is 0 Å². The fourth-order valence-corrected chi connectivity index (χ4v) is 3.01. The number of rotatable bonds is 3. The van der Waals surface area contributed by atoms with E-state index >= 15 is 0 Å². The summed E-state index contributed by atoms with van der Waals surface area (Å²) in [6.07, 6.45) is 1.85. The predicted octanol–water partition coefficient (Wildman–Crippen LogP) is 2.85. The van der Waals surface area contributed by atoms with E-state index in [2.05, 4.69) is 11.1 Å². The molecule has 3 nitrogen and oxygen atoms in total. The molecule has 2 heterocycles. The number of carbonyl (C=O) groups excluding carboxylic acids is 1. The van der Waals surface area contributed by atoms with Crippen LogP contribution in [0.25, 0.3) is 9.88 Å². The normalized spacial score (nSPS) is 10.4. The van der Waals surface area contributed by atoms with Gasteiger partial charge in [0, 0.05) is 25.0 Å². The maximum absolute atomic E-state index is 11.1. The summed E-state index contributed by atoms with van der Waals surface area (Å²) in [5.41, 5.74) is 0. The molecule has 0 aliphatic carbocycles. The number of aromatic nitrogens is 1. The van der Waals surface area contributed by atoms with Crippen molar-refractivity contribution in [1.82, 2.24) is 9.88 Å². The Kier molecular flexibility index (Phi) is 3.36. The van der Waals surface area contributed by atoms with Crippen molar-refractivity contribution in [2.24, 2.45) is 0 Å². The van der Waals surface area contributed by atoms with Crippen LogP contribution in [0.5, 0.6) is 0 Å². The predicted molar refractivity (Wildman–Crippen MR) is 67.6 cm³/mol. The molecule has 84 valence electrons. The third kappa shape index (κ3) is 2.48. The van der Waals surface area contributed by atoms with E-state index in [0.29, 0.717) is 6.54 Å². The molecular weight excluding hydrogens is 240 g/mol. The summed E-state index contributed by atoms with van der Waals surface area (Å²) >= 11 is 3.32. The van der Waals surface area contributed by atoms with Crippen LogP contribution in [0.2, 0.25) is 0 Å². The number of thiophene rings is 1. The topological polar surface area (TPSA) is 33.2 Å². The summed E-state index contributed by atoms with van der Waals surface area (Å²) in [6, 6.07) is 4.07. The number of hydrogen-bond acceptors (Lipinski definition) is 4. The van der Waals surface area contributed by atoms with Gasteiger partial charge in [-0.25, -0.2) is 4.98 Å². The zero-order chi connectivity index (χ0) is 11.5. The van der Waals surface area contributed by atoms with Crippen LogP contribution in [0, 0.1) is 0 Å². The lowest BCUT2D eigenvalue weighted by molar-refractivity contribution is -0.128. The van der Waals surface area contributed by atoms with Crippen molar-refractivity contribution >= 4 is 28.6 Å². The summed E-state index contributed by atoms with van der Waals surface area (Å²) in [6.45, 7) is 2.21. The molecule has 2 aromatic rings. The molecule has 0 atom stereocenters. The number of carbonyl (C=O) groups is 1. The van der Waals surface area contributed by atoms with Gasteiger partial charge in [0.1, 0.15) is 5.01 Å². The molecule has 0 aliphatic heterocycles. The average Bonchev–Trinajstić information content (AvgIpc) is 2.85. The summed E-state index contributed by atoms with van der Waals surface area (Å²) in [5, 5.41) is 3.07. The second-order valence-corrected chi connectivity index (χ2v) is 5.55. The smallest absolute Gasteiger partial charge is 0.219 e. The third-order valence-electron chi connectivity index (χ3n) is 2.22. The van der Waals surface area contributed by atoms with Gasteiger partial charge in [0.25, 0.3) is 0 Å². The summed E-state index contributed by atoms with van der Waals surface area (Å²) in [7, 11) is 1.80. The Morgan fingerprint density at radius 1 is 1.56 bits per heavy atom. The number of thiazole rings is 1. The van der Waals surface area contributed by atoms with E-state index in [-0.39, 0.29) is 5.91 Å². The van der Waals surface area contributed by atoms with Crippen molar-refractivity contribution in [3.05, 3.63) is 28.6 Å². The van der Waals surface area contributed by atoms with Gasteiger partial charge in [-0.1, -0.05) is 6.07 Å². The molecule has 16 heavy (non-hydrogen) atoms. The van der Waals surface area contributed by atoms with Gasteiger partial charge in [-0.15, -0.1) is 22.7 Å². The number of nitrogens with zero attached hydrogens (tertiary/aromatic N) is 2. The highest BCUT2D eigenvalue weighted by atomic mass is 32.1. The Bertz CT molecular complexity index is 476. The van der Waals surface area contributed by atoms with Crippen molar-refractivity contribution in [3.63, 3.8) is 0 Å². The lowest BCUT2D eigenvalue weighted by Crippen LogP contribution is -2.22. The van der Waals surface area contributed by atoms with Gasteiger partial charge in [-0.3, -0.25) is 4.79 Å². The largest absolute Gasteiger partial charge is 0.341 e. The van der Waals surface area contributed by atoms with Crippen LogP contribution < -0.4 is 0 Å². The highest BCUT2D eigenvalue weighted by Crippen LogP contribution is 2.29. The first-order valence-corrected chi connectivity index (χ1v) is 6.56. The minimum Gasteiger partial charge on any atom is -0.341 e. The first-order valence-electron chi connectivity index (χ1n) is 4.87. The standard InChI is InChI=1S/C11H12N2OS2/c1-8(14)13(2)7-9-6-12-11(16-9)10-4-3-5-15-10/h3-6H,7H2,1-2H3. The molecular formula is C11H12N2OS2. The monoisotopic (exact) mass is 252 g/mol. The van der Waals surface area contributed by atoms with Gasteiger partial charge < -0.3 is 4.90 Å². The molecule has 0 aliphatic rings. The highest BCUT2D eigenvalue weighted by molar-refractivity contribution is 7.20. The Hall–Kier alpha value is -1.20. The van der Waals surface area contributed by atoms with E-state index in [1.807, 2.05) is 17.6 Å². The average molecular weight is 252 g/mol. The molecule has 2 aromatic heterocycles. The van der Waals surface area contributed by atoms with Crippen LogP contribution in [0.1, 0.15) is 11.8 Å². The van der Waals surface area contributed by atoms with E-state index in [9.17, 15) is 4.79 Å². The molecule has 2 rings (SSSR count). The first kappa shape index (κ1) is 11.3. The second kappa shape index (κ2) is 4.76. The molecule has 0 fully saturated rings. The van der Waals surface area contributed by atoms with Crippen LogP contribution >= 0.6 is 22.7 Å². The molecule has 0 saturated heterocycles. The molecule has 0 saturated carbocycles. The quantitative estimate of drug-likeness (QED) is 0.841. The van der Waals surface area contributed by atoms with Crippen LogP contribution in [0.3, 0.4) is 0 Å². The molecule has 0 unspecified atom stereocenters. The lowest BCUT2D eigenvalue weighted by atomic mass is 10.4. The van der Waals surface area contributed by atoms with Crippen LogP contribution in [0.4, 0.5) is 0 Å². The third-order valence-corrected chi connectivity index (χ3v) is 4.24. The second-order valence-electron chi connectivity index (χ2n) is 3.48. The molecule has 0 N–H and O–H groups in total. The number of amides is 1. The van der Waals surface area contributed by atoms with Crippen molar-refractivity contribution in [2.45, 2.75) is 13.5 Å². The molecule has 0 radical (unpaired) electrons. The highest BCUT2D eigenvalue weighted by Gasteiger charge is 2.08. The van der Waals surface area contributed by atoms with Gasteiger partial charge in [0.05, 0.1) is 11.4 Å². The van der Waals surface area contributed by atoms with Crippen molar-refractivity contribution < 1.29 is 4.79 Å². The zero-order valence-electron chi connectivity index (χ0n) is 9.14. The Morgan fingerprint density at radius 2 is 2.38 bits per heavy atom. The fraction of sp³-hybridized carbons (Fsp3) is 0.273. The van der Waals surface area contributed by atoms with E-state index in [1.165, 1.54) is 4.88 Å². The Labute approximate surface area is 102 Å². The van der Waals surface area contributed by atoms with E-state index in [4.69, 9.17) is 0 Å².